The standard InChI is InChI=1S/C13H22ClNO3S2/c1-3-10(2)13(11(16)6-4-8-14)15-20(17,18)12-7-5-9-19-12/h5,7,9-11,13,15-16H,3-4,6,8H2,1-2H3/t10-,11?,13?/m0/s1. The third kappa shape index (κ3) is 5.00. The molecule has 0 fully saturated rings. The molecule has 2 unspecified atom stereocenters. The molecule has 1 aromatic heterocycles. The molecule has 1 aromatic rings. The molecule has 0 bridgehead atoms. The van der Waals surface area contributed by atoms with Gasteiger partial charge in [-0.2, -0.15) is 0 Å². The molecule has 3 atom stereocenters. The van der Waals surface area contributed by atoms with Crippen LogP contribution in [-0.2, 0) is 10.0 Å². The number of sulfonamides is 1. The molecule has 7 heteroatoms. The van der Waals surface area contributed by atoms with E-state index in [0.29, 0.717) is 18.7 Å². The van der Waals surface area contributed by atoms with Crippen molar-refractivity contribution in [2.45, 2.75) is 49.5 Å². The number of halogens is 1. The first-order valence-electron chi connectivity index (χ1n) is 6.72. The minimum Gasteiger partial charge on any atom is -0.391 e. The van der Waals surface area contributed by atoms with Crippen molar-refractivity contribution in [3.63, 3.8) is 0 Å². The molecule has 0 aliphatic heterocycles. The second-order valence-electron chi connectivity index (χ2n) is 4.86. The molecule has 116 valence electrons. The van der Waals surface area contributed by atoms with Crippen LogP contribution in [0.15, 0.2) is 21.7 Å². The third-order valence-corrected chi connectivity index (χ3v) is 6.48. The van der Waals surface area contributed by atoms with E-state index in [9.17, 15) is 13.5 Å². The monoisotopic (exact) mass is 339 g/mol. The molecular weight excluding hydrogens is 318 g/mol. The average Bonchev–Trinajstić information content (AvgIpc) is 2.96. The number of alkyl halides is 1. The zero-order valence-corrected chi connectivity index (χ0v) is 14.1. The molecule has 0 aliphatic carbocycles. The largest absolute Gasteiger partial charge is 0.391 e. The lowest BCUT2D eigenvalue weighted by atomic mass is 9.93. The average molecular weight is 340 g/mol. The van der Waals surface area contributed by atoms with Gasteiger partial charge in [0.15, 0.2) is 0 Å². The third-order valence-electron chi connectivity index (χ3n) is 3.36. The van der Waals surface area contributed by atoms with E-state index in [1.165, 1.54) is 11.3 Å². The highest BCUT2D eigenvalue weighted by molar-refractivity contribution is 7.91. The molecule has 1 heterocycles. The summed E-state index contributed by atoms with van der Waals surface area (Å²) in [5.41, 5.74) is 0. The topological polar surface area (TPSA) is 66.4 Å². The molecule has 1 rings (SSSR count). The molecule has 20 heavy (non-hydrogen) atoms. The number of rotatable bonds is 9. The normalized spacial score (nSPS) is 16.8. The van der Waals surface area contributed by atoms with Gasteiger partial charge >= 0.3 is 0 Å². The fraction of sp³-hybridized carbons (Fsp3) is 0.692. The van der Waals surface area contributed by atoms with Crippen LogP contribution in [0.1, 0.15) is 33.1 Å². The second-order valence-corrected chi connectivity index (χ2v) is 8.13. The molecule has 0 radical (unpaired) electrons. The van der Waals surface area contributed by atoms with Gasteiger partial charge in [-0.15, -0.1) is 22.9 Å². The zero-order chi connectivity index (χ0) is 15.2. The minimum absolute atomic E-state index is 0.0510. The van der Waals surface area contributed by atoms with E-state index in [4.69, 9.17) is 11.6 Å². The molecule has 4 nitrogen and oxygen atoms in total. The van der Waals surface area contributed by atoms with Crippen LogP contribution in [0.2, 0.25) is 0 Å². The predicted molar refractivity (Wildman–Crippen MR) is 83.8 cm³/mol. The Morgan fingerprint density at radius 3 is 2.70 bits per heavy atom. The SMILES string of the molecule is CC[C@H](C)C(NS(=O)(=O)c1cccs1)C(O)CCCCl. The quantitative estimate of drug-likeness (QED) is 0.680. The van der Waals surface area contributed by atoms with Crippen molar-refractivity contribution in [1.82, 2.24) is 4.72 Å². The van der Waals surface area contributed by atoms with Gasteiger partial charge in [0.2, 0.25) is 10.0 Å². The van der Waals surface area contributed by atoms with Gasteiger partial charge in [-0.05, 0) is 30.2 Å². The summed E-state index contributed by atoms with van der Waals surface area (Å²) >= 11 is 6.80. The molecule has 0 spiro atoms. The highest BCUT2D eigenvalue weighted by atomic mass is 35.5. The lowest BCUT2D eigenvalue weighted by molar-refractivity contribution is 0.102. The van der Waals surface area contributed by atoms with Gasteiger partial charge in [-0.1, -0.05) is 26.3 Å². The molecule has 0 saturated carbocycles. The Hall–Kier alpha value is -0.140. The molecule has 0 aromatic carbocycles. The second kappa shape index (κ2) is 8.34. The number of aliphatic hydroxyl groups is 1. The first-order valence-corrected chi connectivity index (χ1v) is 9.62. The van der Waals surface area contributed by atoms with Gasteiger partial charge in [-0.25, -0.2) is 13.1 Å². The van der Waals surface area contributed by atoms with E-state index < -0.39 is 22.2 Å². The predicted octanol–water partition coefficient (Wildman–Crippen LogP) is 2.82. The molecular formula is C13H22ClNO3S2. The van der Waals surface area contributed by atoms with Gasteiger partial charge < -0.3 is 5.11 Å². The fourth-order valence-electron chi connectivity index (χ4n) is 1.95. The summed E-state index contributed by atoms with van der Waals surface area (Å²) in [7, 11) is -3.57. The number of aliphatic hydroxyl groups excluding tert-OH is 1. The highest BCUT2D eigenvalue weighted by Gasteiger charge is 2.29. The van der Waals surface area contributed by atoms with Crippen molar-refractivity contribution < 1.29 is 13.5 Å². The van der Waals surface area contributed by atoms with Crippen molar-refractivity contribution in [1.29, 1.82) is 0 Å². The van der Waals surface area contributed by atoms with Gasteiger partial charge in [0.25, 0.3) is 0 Å². The summed E-state index contributed by atoms with van der Waals surface area (Å²) < 4.78 is 27.4. The number of nitrogens with one attached hydrogen (secondary N) is 1. The van der Waals surface area contributed by atoms with Crippen molar-refractivity contribution in [2.24, 2.45) is 5.92 Å². The maximum Gasteiger partial charge on any atom is 0.250 e. The van der Waals surface area contributed by atoms with Gasteiger partial charge in [-0.3, -0.25) is 0 Å². The van der Waals surface area contributed by atoms with Crippen molar-refractivity contribution in [3.05, 3.63) is 17.5 Å². The summed E-state index contributed by atoms with van der Waals surface area (Å²) in [5.74, 6) is 0.511. The van der Waals surface area contributed by atoms with Crippen LogP contribution in [0, 0.1) is 5.92 Å². The summed E-state index contributed by atoms with van der Waals surface area (Å²) in [4.78, 5) is 0. The maximum atomic E-state index is 12.3. The van der Waals surface area contributed by atoms with Gasteiger partial charge in [0.05, 0.1) is 12.1 Å². The maximum absolute atomic E-state index is 12.3. The summed E-state index contributed by atoms with van der Waals surface area (Å²) in [6.07, 6.45) is 1.22. The smallest absolute Gasteiger partial charge is 0.250 e. The molecule has 0 amide bonds. The van der Waals surface area contributed by atoms with Gasteiger partial charge in [0.1, 0.15) is 4.21 Å². The lowest BCUT2D eigenvalue weighted by Gasteiger charge is -2.28. The number of hydrogen-bond acceptors (Lipinski definition) is 4. The van der Waals surface area contributed by atoms with Crippen LogP contribution in [0.3, 0.4) is 0 Å². The van der Waals surface area contributed by atoms with Crippen LogP contribution in [0.25, 0.3) is 0 Å². The Morgan fingerprint density at radius 2 is 2.20 bits per heavy atom. The Labute approximate surface area is 130 Å². The Bertz CT molecular complexity index is 476. The van der Waals surface area contributed by atoms with E-state index in [2.05, 4.69) is 4.72 Å². The first-order chi connectivity index (χ1) is 9.42. The van der Waals surface area contributed by atoms with Crippen molar-refractivity contribution >= 4 is 33.0 Å². The fourth-order valence-corrected chi connectivity index (χ4v) is 4.49. The summed E-state index contributed by atoms with van der Waals surface area (Å²) in [6.45, 7) is 3.91. The van der Waals surface area contributed by atoms with E-state index in [1.54, 1.807) is 17.5 Å². The van der Waals surface area contributed by atoms with Crippen LogP contribution >= 0.6 is 22.9 Å². The first kappa shape index (κ1) is 17.9. The zero-order valence-electron chi connectivity index (χ0n) is 11.8. The Balaban J connectivity index is 2.84. The van der Waals surface area contributed by atoms with E-state index in [-0.39, 0.29) is 10.1 Å². The van der Waals surface area contributed by atoms with E-state index in [1.807, 2.05) is 13.8 Å². The highest BCUT2D eigenvalue weighted by Crippen LogP contribution is 2.21. The summed E-state index contributed by atoms with van der Waals surface area (Å²) in [5, 5.41) is 11.9. The van der Waals surface area contributed by atoms with Crippen LogP contribution in [-0.4, -0.2) is 31.6 Å². The number of thiophene rings is 1. The van der Waals surface area contributed by atoms with Crippen LogP contribution in [0.4, 0.5) is 0 Å². The Kier molecular flexibility index (Phi) is 7.47. The van der Waals surface area contributed by atoms with Gasteiger partial charge in [0, 0.05) is 5.88 Å². The summed E-state index contributed by atoms with van der Waals surface area (Å²) in [6, 6.07) is 2.77. The van der Waals surface area contributed by atoms with Crippen LogP contribution in [0.5, 0.6) is 0 Å². The molecule has 0 aliphatic rings. The molecule has 0 saturated heterocycles. The van der Waals surface area contributed by atoms with E-state index in [0.717, 1.165) is 6.42 Å². The minimum atomic E-state index is -3.57. The van der Waals surface area contributed by atoms with E-state index >= 15 is 0 Å². The Morgan fingerprint density at radius 1 is 1.50 bits per heavy atom. The lowest BCUT2D eigenvalue weighted by Crippen LogP contribution is -2.47. The van der Waals surface area contributed by atoms with Crippen molar-refractivity contribution in [3.8, 4) is 0 Å². The number of hydrogen-bond donors (Lipinski definition) is 2. The van der Waals surface area contributed by atoms with Crippen molar-refractivity contribution in [2.75, 3.05) is 5.88 Å². The molecule has 2 N–H and O–H groups in total. The van der Waals surface area contributed by atoms with Crippen LogP contribution < -0.4 is 4.72 Å².